The molecule has 5 nitrogen and oxygen atoms in total. The summed E-state index contributed by atoms with van der Waals surface area (Å²) in [6.45, 7) is 0.413. The molecular formula is C19H22BrClN2O3. The van der Waals surface area contributed by atoms with Crippen LogP contribution in [-0.2, 0) is 0 Å². The highest BCUT2D eigenvalue weighted by Gasteiger charge is 2.19. The van der Waals surface area contributed by atoms with Gasteiger partial charge in [0, 0.05) is 17.1 Å². The fourth-order valence-corrected chi connectivity index (χ4v) is 3.42. The Morgan fingerprint density at radius 3 is 2.27 bits per heavy atom. The first-order valence-electron chi connectivity index (χ1n) is 7.99. The Labute approximate surface area is 167 Å². The molecule has 0 fully saturated rings. The predicted octanol–water partition coefficient (Wildman–Crippen LogP) is 4.15. The van der Waals surface area contributed by atoms with Crippen LogP contribution in [0.2, 0.25) is 5.02 Å². The van der Waals surface area contributed by atoms with Gasteiger partial charge in [0.1, 0.15) is 16.0 Å². The summed E-state index contributed by atoms with van der Waals surface area (Å²) < 4.78 is 11.3. The van der Waals surface area contributed by atoms with Crippen molar-refractivity contribution in [3.8, 4) is 11.5 Å². The molecule has 0 aliphatic heterocycles. The van der Waals surface area contributed by atoms with Crippen molar-refractivity contribution in [2.24, 2.45) is 0 Å². The zero-order chi connectivity index (χ0) is 19.3. The molecule has 0 saturated heterocycles. The lowest BCUT2D eigenvalue weighted by atomic mass is 10.1. The molecule has 0 bridgehead atoms. The van der Waals surface area contributed by atoms with E-state index in [1.165, 1.54) is 0 Å². The quantitative estimate of drug-likeness (QED) is 0.701. The summed E-state index contributed by atoms with van der Waals surface area (Å²) >= 11 is 9.72. The maximum absolute atomic E-state index is 12.6. The van der Waals surface area contributed by atoms with Crippen molar-refractivity contribution in [2.75, 3.05) is 34.9 Å². The van der Waals surface area contributed by atoms with Crippen molar-refractivity contribution in [3.63, 3.8) is 0 Å². The monoisotopic (exact) mass is 440 g/mol. The second kappa shape index (κ2) is 9.26. The molecule has 0 aromatic heterocycles. The first-order valence-corrected chi connectivity index (χ1v) is 9.16. The fraction of sp³-hybridized carbons (Fsp3) is 0.316. The van der Waals surface area contributed by atoms with E-state index in [0.717, 1.165) is 5.56 Å². The number of hydrogen-bond acceptors (Lipinski definition) is 4. The molecule has 2 aromatic rings. The fourth-order valence-electron chi connectivity index (χ4n) is 2.61. The molecule has 2 aromatic carbocycles. The number of rotatable bonds is 7. The summed E-state index contributed by atoms with van der Waals surface area (Å²) in [6, 6.07) is 10.9. The average molecular weight is 442 g/mol. The van der Waals surface area contributed by atoms with E-state index < -0.39 is 0 Å². The van der Waals surface area contributed by atoms with Crippen LogP contribution in [-0.4, -0.2) is 45.7 Å². The number of amides is 1. The number of carbonyl (C=O) groups excluding carboxylic acids is 1. The van der Waals surface area contributed by atoms with Gasteiger partial charge in [-0.05, 0) is 53.8 Å². The highest BCUT2D eigenvalue weighted by atomic mass is 79.9. The molecule has 0 radical (unpaired) electrons. The Morgan fingerprint density at radius 2 is 1.77 bits per heavy atom. The van der Waals surface area contributed by atoms with Crippen molar-refractivity contribution >= 4 is 33.4 Å². The lowest BCUT2D eigenvalue weighted by molar-refractivity contribution is 0.0941. The maximum atomic E-state index is 12.6. The molecule has 7 heteroatoms. The van der Waals surface area contributed by atoms with Gasteiger partial charge in [0.2, 0.25) is 0 Å². The average Bonchev–Trinajstić information content (AvgIpc) is 2.63. The molecule has 2 rings (SSSR count). The zero-order valence-electron chi connectivity index (χ0n) is 15.2. The van der Waals surface area contributed by atoms with E-state index in [2.05, 4.69) is 21.2 Å². The third-order valence-electron chi connectivity index (χ3n) is 4.05. The number of halogens is 2. The minimum atomic E-state index is -0.215. The van der Waals surface area contributed by atoms with Gasteiger partial charge < -0.3 is 19.7 Å². The summed E-state index contributed by atoms with van der Waals surface area (Å²) in [7, 11) is 6.99. The van der Waals surface area contributed by atoms with Crippen LogP contribution >= 0.6 is 27.5 Å². The van der Waals surface area contributed by atoms with Crippen molar-refractivity contribution in [2.45, 2.75) is 6.04 Å². The van der Waals surface area contributed by atoms with Gasteiger partial charge in [0.25, 0.3) is 5.91 Å². The van der Waals surface area contributed by atoms with Crippen LogP contribution in [0.4, 0.5) is 0 Å². The van der Waals surface area contributed by atoms with Crippen LogP contribution in [0.1, 0.15) is 22.0 Å². The maximum Gasteiger partial charge on any atom is 0.251 e. The second-order valence-corrected chi connectivity index (χ2v) is 7.11. The zero-order valence-corrected chi connectivity index (χ0v) is 17.5. The SMILES string of the molecule is COc1cc(C(=O)NCC(c2ccccc2Cl)N(C)C)cc(OC)c1Br. The Hall–Kier alpha value is -1.76. The van der Waals surface area contributed by atoms with Gasteiger partial charge in [-0.3, -0.25) is 4.79 Å². The molecule has 1 atom stereocenters. The molecule has 0 heterocycles. The van der Waals surface area contributed by atoms with Gasteiger partial charge in [0.15, 0.2) is 0 Å². The lowest BCUT2D eigenvalue weighted by Gasteiger charge is -2.26. The number of methoxy groups -OCH3 is 2. The van der Waals surface area contributed by atoms with Crippen LogP contribution in [0.15, 0.2) is 40.9 Å². The van der Waals surface area contributed by atoms with Crippen molar-refractivity contribution in [1.82, 2.24) is 10.2 Å². The lowest BCUT2D eigenvalue weighted by Crippen LogP contribution is -2.34. The largest absolute Gasteiger partial charge is 0.495 e. The normalized spacial score (nSPS) is 12.0. The van der Waals surface area contributed by atoms with Gasteiger partial charge >= 0.3 is 0 Å². The van der Waals surface area contributed by atoms with E-state index in [0.29, 0.717) is 33.1 Å². The molecule has 0 aliphatic carbocycles. The van der Waals surface area contributed by atoms with E-state index >= 15 is 0 Å². The Bertz CT molecular complexity index is 758. The van der Waals surface area contributed by atoms with Gasteiger partial charge in [-0.1, -0.05) is 29.8 Å². The van der Waals surface area contributed by atoms with E-state index in [9.17, 15) is 4.79 Å². The molecule has 140 valence electrons. The smallest absolute Gasteiger partial charge is 0.251 e. The first-order chi connectivity index (χ1) is 12.4. The van der Waals surface area contributed by atoms with Crippen LogP contribution in [0.25, 0.3) is 0 Å². The standard InChI is InChI=1S/C19H22BrClN2O3/c1-23(2)15(13-7-5-6-8-14(13)21)11-22-19(24)12-9-16(25-3)18(20)17(10-12)26-4/h5-10,15H,11H2,1-4H3,(H,22,24). The molecule has 0 spiro atoms. The molecule has 1 amide bonds. The van der Waals surface area contributed by atoms with Crippen LogP contribution in [0, 0.1) is 0 Å². The minimum absolute atomic E-state index is 0.0492. The molecule has 26 heavy (non-hydrogen) atoms. The van der Waals surface area contributed by atoms with Crippen molar-refractivity contribution < 1.29 is 14.3 Å². The summed E-state index contributed by atoms with van der Waals surface area (Å²) in [5.41, 5.74) is 1.42. The van der Waals surface area contributed by atoms with Crippen LogP contribution in [0.5, 0.6) is 11.5 Å². The Balaban J connectivity index is 2.20. The molecule has 0 saturated carbocycles. The van der Waals surface area contributed by atoms with Crippen LogP contribution < -0.4 is 14.8 Å². The summed E-state index contributed by atoms with van der Waals surface area (Å²) in [6.07, 6.45) is 0. The topological polar surface area (TPSA) is 50.8 Å². The van der Waals surface area contributed by atoms with E-state index in [-0.39, 0.29) is 11.9 Å². The molecule has 1 unspecified atom stereocenters. The predicted molar refractivity (Wildman–Crippen MR) is 107 cm³/mol. The summed E-state index contributed by atoms with van der Waals surface area (Å²) in [5.74, 6) is 0.850. The van der Waals surface area contributed by atoms with Crippen molar-refractivity contribution in [3.05, 3.63) is 57.0 Å². The summed E-state index contributed by atoms with van der Waals surface area (Å²) in [4.78, 5) is 14.7. The van der Waals surface area contributed by atoms with E-state index in [4.69, 9.17) is 21.1 Å². The highest BCUT2D eigenvalue weighted by molar-refractivity contribution is 9.10. The number of hydrogen-bond donors (Lipinski definition) is 1. The first kappa shape index (κ1) is 20.6. The second-order valence-electron chi connectivity index (χ2n) is 5.91. The number of likely N-dealkylation sites (N-methyl/N-ethyl adjacent to an activating group) is 1. The molecule has 0 aliphatic rings. The number of nitrogens with zero attached hydrogens (tertiary/aromatic N) is 1. The number of nitrogens with one attached hydrogen (secondary N) is 1. The number of benzene rings is 2. The number of carbonyl (C=O) groups is 1. The van der Waals surface area contributed by atoms with Crippen molar-refractivity contribution in [1.29, 1.82) is 0 Å². The Morgan fingerprint density at radius 1 is 1.19 bits per heavy atom. The number of ether oxygens (including phenoxy) is 2. The van der Waals surface area contributed by atoms with E-state index in [1.54, 1.807) is 26.4 Å². The van der Waals surface area contributed by atoms with Crippen LogP contribution in [0.3, 0.4) is 0 Å². The third-order valence-corrected chi connectivity index (χ3v) is 5.18. The minimum Gasteiger partial charge on any atom is -0.495 e. The molecule has 1 N–H and O–H groups in total. The van der Waals surface area contributed by atoms with Gasteiger partial charge in [0.05, 0.1) is 20.3 Å². The van der Waals surface area contributed by atoms with Gasteiger partial charge in [-0.25, -0.2) is 0 Å². The highest BCUT2D eigenvalue weighted by Crippen LogP contribution is 2.35. The van der Waals surface area contributed by atoms with Gasteiger partial charge in [-0.15, -0.1) is 0 Å². The molecular weight excluding hydrogens is 420 g/mol. The Kier molecular flexibility index (Phi) is 7.32. The third kappa shape index (κ3) is 4.69. The van der Waals surface area contributed by atoms with E-state index in [1.807, 2.05) is 43.3 Å². The van der Waals surface area contributed by atoms with Gasteiger partial charge in [-0.2, -0.15) is 0 Å². The summed E-state index contributed by atoms with van der Waals surface area (Å²) in [5, 5.41) is 3.64.